The molecule has 0 radical (unpaired) electrons. The first kappa shape index (κ1) is 12.6. The van der Waals surface area contributed by atoms with E-state index in [0.29, 0.717) is 5.82 Å². The highest BCUT2D eigenvalue weighted by atomic mass is 16.6. The molecule has 3 rings (SSSR count). The number of anilines is 1. The summed E-state index contributed by atoms with van der Waals surface area (Å²) in [5.74, 6) is 0.678. The number of hydrogen-bond acceptors (Lipinski definition) is 4. The lowest BCUT2D eigenvalue weighted by Crippen LogP contribution is -2.17. The molecule has 1 aromatic heterocycles. The summed E-state index contributed by atoms with van der Waals surface area (Å²) in [6.45, 7) is 0. The largest absolute Gasteiger partial charge is 0.363 e. The Hall–Kier alpha value is -2.43. The molecule has 2 aromatic rings. The third-order valence-electron chi connectivity index (χ3n) is 3.65. The zero-order valence-corrected chi connectivity index (χ0v) is 11.0. The lowest BCUT2D eigenvalue weighted by Gasteiger charge is -2.26. The van der Waals surface area contributed by atoms with Crippen LogP contribution in [0.5, 0.6) is 0 Å². The van der Waals surface area contributed by atoms with Gasteiger partial charge in [-0.1, -0.05) is 24.3 Å². The molecule has 102 valence electrons. The van der Waals surface area contributed by atoms with Crippen LogP contribution in [-0.4, -0.2) is 9.91 Å². The maximum Gasteiger partial charge on any atom is 0.287 e. The maximum atomic E-state index is 10.6. The van der Waals surface area contributed by atoms with E-state index in [1.165, 1.54) is 23.4 Å². The van der Waals surface area contributed by atoms with E-state index in [0.717, 1.165) is 19.3 Å². The van der Waals surface area contributed by atoms with E-state index in [1.54, 1.807) is 6.07 Å². The monoisotopic (exact) mass is 269 g/mol. The molecular formula is C15H15N3O2. The van der Waals surface area contributed by atoms with Crippen LogP contribution in [0, 0.1) is 10.1 Å². The number of nitro groups is 1. The third-order valence-corrected chi connectivity index (χ3v) is 3.65. The number of benzene rings is 1. The van der Waals surface area contributed by atoms with Crippen LogP contribution >= 0.6 is 0 Å². The summed E-state index contributed by atoms with van der Waals surface area (Å²) in [6, 6.07) is 11.8. The van der Waals surface area contributed by atoms with E-state index in [4.69, 9.17) is 0 Å². The summed E-state index contributed by atoms with van der Waals surface area (Å²) in [4.78, 5) is 14.3. The molecule has 1 N–H and O–H groups in total. The molecule has 0 bridgehead atoms. The van der Waals surface area contributed by atoms with E-state index >= 15 is 0 Å². The number of aryl methyl sites for hydroxylation is 1. The summed E-state index contributed by atoms with van der Waals surface area (Å²) >= 11 is 0. The second kappa shape index (κ2) is 5.28. The molecule has 5 heteroatoms. The van der Waals surface area contributed by atoms with Crippen molar-refractivity contribution in [3.63, 3.8) is 0 Å². The Balaban J connectivity index is 1.80. The fraction of sp³-hybridized carbons (Fsp3) is 0.267. The van der Waals surface area contributed by atoms with Gasteiger partial charge in [-0.2, -0.15) is 0 Å². The van der Waals surface area contributed by atoms with Gasteiger partial charge in [-0.05, 0) is 36.5 Å². The summed E-state index contributed by atoms with van der Waals surface area (Å²) in [6.07, 6.45) is 4.59. The molecule has 1 aliphatic rings. The van der Waals surface area contributed by atoms with Crippen molar-refractivity contribution >= 4 is 11.5 Å². The SMILES string of the molecule is O=[N+]([O-])c1ccc(N[C@H]2CCCc3ccccc32)nc1. The zero-order chi connectivity index (χ0) is 13.9. The Morgan fingerprint density at radius 1 is 1.25 bits per heavy atom. The van der Waals surface area contributed by atoms with Gasteiger partial charge in [-0.25, -0.2) is 4.98 Å². The molecule has 0 fully saturated rings. The number of nitrogens with one attached hydrogen (secondary N) is 1. The lowest BCUT2D eigenvalue weighted by molar-refractivity contribution is -0.385. The molecule has 0 aliphatic heterocycles. The van der Waals surface area contributed by atoms with Gasteiger partial charge in [0.1, 0.15) is 12.0 Å². The average molecular weight is 269 g/mol. The Morgan fingerprint density at radius 2 is 2.10 bits per heavy atom. The molecule has 0 saturated heterocycles. The smallest absolute Gasteiger partial charge is 0.287 e. The minimum atomic E-state index is -0.438. The predicted octanol–water partition coefficient (Wildman–Crippen LogP) is 3.48. The second-order valence-electron chi connectivity index (χ2n) is 4.95. The van der Waals surface area contributed by atoms with E-state index in [2.05, 4.69) is 28.5 Å². The number of pyridine rings is 1. The molecule has 0 unspecified atom stereocenters. The van der Waals surface area contributed by atoms with Crippen LogP contribution < -0.4 is 5.32 Å². The Labute approximate surface area is 116 Å². The summed E-state index contributed by atoms with van der Waals surface area (Å²) in [5, 5.41) is 14.0. The standard InChI is InChI=1S/C15H15N3O2/c19-18(20)12-8-9-15(16-10-12)17-14-7-3-5-11-4-1-2-6-13(11)14/h1-2,4,6,8-10,14H,3,5,7H2,(H,16,17)/t14-/m0/s1. The van der Waals surface area contributed by atoms with Crippen LogP contribution in [0.4, 0.5) is 11.5 Å². The highest BCUT2D eigenvalue weighted by molar-refractivity contribution is 5.44. The fourth-order valence-corrected chi connectivity index (χ4v) is 2.66. The van der Waals surface area contributed by atoms with Crippen molar-refractivity contribution in [1.29, 1.82) is 0 Å². The van der Waals surface area contributed by atoms with Gasteiger partial charge < -0.3 is 5.32 Å². The molecule has 0 amide bonds. The minimum absolute atomic E-state index is 0.0135. The van der Waals surface area contributed by atoms with Gasteiger partial charge in [0.2, 0.25) is 0 Å². The van der Waals surface area contributed by atoms with Gasteiger partial charge in [-0.3, -0.25) is 10.1 Å². The van der Waals surface area contributed by atoms with Gasteiger partial charge in [0.15, 0.2) is 0 Å². The number of nitrogens with zero attached hydrogens (tertiary/aromatic N) is 2. The molecule has 0 spiro atoms. The molecule has 20 heavy (non-hydrogen) atoms. The molecular weight excluding hydrogens is 254 g/mol. The molecule has 1 atom stereocenters. The number of rotatable bonds is 3. The topological polar surface area (TPSA) is 68.1 Å². The first-order valence-corrected chi connectivity index (χ1v) is 6.69. The number of hydrogen-bond donors (Lipinski definition) is 1. The summed E-state index contributed by atoms with van der Waals surface area (Å²) in [5.41, 5.74) is 2.69. The predicted molar refractivity (Wildman–Crippen MR) is 76.6 cm³/mol. The van der Waals surface area contributed by atoms with E-state index in [-0.39, 0.29) is 11.7 Å². The first-order valence-electron chi connectivity index (χ1n) is 6.69. The molecule has 0 saturated carbocycles. The first-order chi connectivity index (χ1) is 9.74. The summed E-state index contributed by atoms with van der Waals surface area (Å²) in [7, 11) is 0. The quantitative estimate of drug-likeness (QED) is 0.684. The Morgan fingerprint density at radius 3 is 2.85 bits per heavy atom. The number of aromatic nitrogens is 1. The third kappa shape index (κ3) is 2.47. The van der Waals surface area contributed by atoms with E-state index < -0.39 is 4.92 Å². The van der Waals surface area contributed by atoms with Crippen LogP contribution in [0.15, 0.2) is 42.6 Å². The van der Waals surface area contributed by atoms with Crippen LogP contribution in [-0.2, 0) is 6.42 Å². The van der Waals surface area contributed by atoms with Crippen LogP contribution in [0.25, 0.3) is 0 Å². The summed E-state index contributed by atoms with van der Waals surface area (Å²) < 4.78 is 0. The lowest BCUT2D eigenvalue weighted by atomic mass is 9.88. The van der Waals surface area contributed by atoms with E-state index in [1.807, 2.05) is 6.07 Å². The zero-order valence-electron chi connectivity index (χ0n) is 11.0. The van der Waals surface area contributed by atoms with E-state index in [9.17, 15) is 10.1 Å². The molecule has 1 aromatic carbocycles. The van der Waals surface area contributed by atoms with Crippen LogP contribution in [0.3, 0.4) is 0 Å². The van der Waals surface area contributed by atoms with Gasteiger partial charge in [0, 0.05) is 6.07 Å². The molecule has 1 aliphatic carbocycles. The van der Waals surface area contributed by atoms with Gasteiger partial charge in [-0.15, -0.1) is 0 Å². The van der Waals surface area contributed by atoms with Crippen molar-refractivity contribution < 1.29 is 4.92 Å². The van der Waals surface area contributed by atoms with Crippen molar-refractivity contribution in [2.45, 2.75) is 25.3 Å². The minimum Gasteiger partial charge on any atom is -0.363 e. The maximum absolute atomic E-state index is 10.6. The highest BCUT2D eigenvalue weighted by Gasteiger charge is 2.19. The Kier molecular flexibility index (Phi) is 3.33. The molecule has 1 heterocycles. The van der Waals surface area contributed by atoms with Crippen LogP contribution in [0.1, 0.15) is 30.0 Å². The van der Waals surface area contributed by atoms with Gasteiger partial charge in [0.25, 0.3) is 5.69 Å². The van der Waals surface area contributed by atoms with Crippen molar-refractivity contribution in [3.8, 4) is 0 Å². The van der Waals surface area contributed by atoms with Crippen molar-refractivity contribution in [2.24, 2.45) is 0 Å². The van der Waals surface area contributed by atoms with Crippen molar-refractivity contribution in [2.75, 3.05) is 5.32 Å². The number of fused-ring (bicyclic) bond motifs is 1. The molecule has 5 nitrogen and oxygen atoms in total. The van der Waals surface area contributed by atoms with Crippen molar-refractivity contribution in [3.05, 3.63) is 63.8 Å². The highest BCUT2D eigenvalue weighted by Crippen LogP contribution is 2.32. The van der Waals surface area contributed by atoms with Crippen molar-refractivity contribution in [1.82, 2.24) is 4.98 Å². The van der Waals surface area contributed by atoms with Gasteiger partial charge in [0.05, 0.1) is 11.0 Å². The van der Waals surface area contributed by atoms with Gasteiger partial charge >= 0.3 is 0 Å². The second-order valence-corrected chi connectivity index (χ2v) is 4.95. The average Bonchev–Trinajstić information content (AvgIpc) is 2.48. The fourth-order valence-electron chi connectivity index (χ4n) is 2.66. The normalized spacial score (nSPS) is 17.3. The van der Waals surface area contributed by atoms with Crippen LogP contribution in [0.2, 0.25) is 0 Å². The Bertz CT molecular complexity index is 625.